The van der Waals surface area contributed by atoms with Crippen LogP contribution in [0.15, 0.2) is 30.9 Å². The summed E-state index contributed by atoms with van der Waals surface area (Å²) in [6, 6.07) is 5.29. The van der Waals surface area contributed by atoms with Crippen LogP contribution in [0.3, 0.4) is 0 Å². The number of anilines is 1. The number of hydrogen-bond donors (Lipinski definition) is 1. The van der Waals surface area contributed by atoms with Crippen LogP contribution in [0.5, 0.6) is 0 Å². The largest absolute Gasteiger partial charge is 0.383 e. The van der Waals surface area contributed by atoms with Crippen molar-refractivity contribution in [2.75, 3.05) is 5.73 Å². The van der Waals surface area contributed by atoms with Gasteiger partial charge in [-0.25, -0.2) is 4.98 Å². The fourth-order valence-corrected chi connectivity index (χ4v) is 2.52. The third-order valence-electron chi connectivity index (χ3n) is 3.05. The number of aryl methyl sites for hydroxylation is 1. The summed E-state index contributed by atoms with van der Waals surface area (Å²) in [7, 11) is 0. The van der Waals surface area contributed by atoms with Crippen molar-refractivity contribution >= 4 is 29.0 Å². The molecule has 1 heterocycles. The van der Waals surface area contributed by atoms with E-state index in [-0.39, 0.29) is 0 Å². The predicted molar refractivity (Wildman–Crippen MR) is 86.3 cm³/mol. The van der Waals surface area contributed by atoms with Gasteiger partial charge in [0.2, 0.25) is 0 Å². The highest BCUT2D eigenvalue weighted by atomic mass is 35.5. The maximum Gasteiger partial charge on any atom is 0.132 e. The molecule has 0 amide bonds. The van der Waals surface area contributed by atoms with Crippen molar-refractivity contribution in [3.8, 4) is 11.3 Å². The van der Waals surface area contributed by atoms with Crippen molar-refractivity contribution in [3.63, 3.8) is 0 Å². The third kappa shape index (κ3) is 2.84. The molecule has 1 aromatic heterocycles. The molecule has 0 bridgehead atoms. The standard InChI is InChI=1S/C15H17Cl2N3/c1-3-5-13-19-14(15(18)20(13)8-4-2)11-9-10(16)6-7-12(11)17/h4,6-7,9H,2-3,5,8,18H2,1H3. The maximum absolute atomic E-state index is 6.23. The molecule has 0 unspecified atom stereocenters. The third-order valence-corrected chi connectivity index (χ3v) is 3.62. The average Bonchev–Trinajstić information content (AvgIpc) is 2.71. The molecule has 2 rings (SSSR count). The van der Waals surface area contributed by atoms with E-state index in [1.807, 2.05) is 4.57 Å². The molecule has 20 heavy (non-hydrogen) atoms. The molecular formula is C15H17Cl2N3. The van der Waals surface area contributed by atoms with Crippen molar-refractivity contribution in [2.24, 2.45) is 0 Å². The van der Waals surface area contributed by atoms with Gasteiger partial charge in [-0.15, -0.1) is 6.58 Å². The van der Waals surface area contributed by atoms with Crippen LogP contribution in [-0.2, 0) is 13.0 Å². The molecule has 0 aliphatic heterocycles. The minimum Gasteiger partial charge on any atom is -0.383 e. The van der Waals surface area contributed by atoms with E-state index in [0.29, 0.717) is 28.1 Å². The van der Waals surface area contributed by atoms with Crippen molar-refractivity contribution < 1.29 is 0 Å². The van der Waals surface area contributed by atoms with Gasteiger partial charge in [0.05, 0.1) is 5.02 Å². The zero-order valence-electron chi connectivity index (χ0n) is 11.4. The highest BCUT2D eigenvalue weighted by Gasteiger charge is 2.17. The number of aromatic nitrogens is 2. The van der Waals surface area contributed by atoms with Crippen LogP contribution in [0, 0.1) is 0 Å². The maximum atomic E-state index is 6.23. The first kappa shape index (κ1) is 14.9. The van der Waals surface area contributed by atoms with Crippen LogP contribution < -0.4 is 5.73 Å². The summed E-state index contributed by atoms with van der Waals surface area (Å²) in [5.41, 5.74) is 7.67. The molecule has 0 radical (unpaired) electrons. The first-order chi connectivity index (χ1) is 9.58. The zero-order valence-corrected chi connectivity index (χ0v) is 12.9. The Morgan fingerprint density at radius 1 is 1.40 bits per heavy atom. The second kappa shape index (κ2) is 6.33. The van der Waals surface area contributed by atoms with E-state index in [1.165, 1.54) is 0 Å². The van der Waals surface area contributed by atoms with Crippen LogP contribution in [0.2, 0.25) is 10.0 Å². The summed E-state index contributed by atoms with van der Waals surface area (Å²) in [6.45, 7) is 6.50. The predicted octanol–water partition coefficient (Wildman–Crippen LogP) is 4.58. The van der Waals surface area contributed by atoms with Crippen molar-refractivity contribution in [1.29, 1.82) is 0 Å². The fourth-order valence-electron chi connectivity index (χ4n) is 2.14. The monoisotopic (exact) mass is 309 g/mol. The number of halogens is 2. The van der Waals surface area contributed by atoms with Crippen LogP contribution in [0.4, 0.5) is 5.82 Å². The second-order valence-corrected chi connectivity index (χ2v) is 5.38. The number of nitrogens with two attached hydrogens (primary N) is 1. The summed E-state index contributed by atoms with van der Waals surface area (Å²) in [5, 5.41) is 1.20. The lowest BCUT2D eigenvalue weighted by atomic mass is 10.1. The minimum atomic E-state index is 0.590. The molecule has 2 N–H and O–H groups in total. The Balaban J connectivity index is 2.59. The van der Waals surface area contributed by atoms with E-state index < -0.39 is 0 Å². The van der Waals surface area contributed by atoms with Gasteiger partial charge in [0.25, 0.3) is 0 Å². The van der Waals surface area contributed by atoms with Gasteiger partial charge in [0.1, 0.15) is 17.3 Å². The number of imidazole rings is 1. The zero-order chi connectivity index (χ0) is 14.7. The number of hydrogen-bond acceptors (Lipinski definition) is 2. The number of nitrogen functional groups attached to an aromatic ring is 1. The summed E-state index contributed by atoms with van der Waals surface area (Å²) < 4.78 is 1.96. The normalized spacial score (nSPS) is 10.8. The van der Waals surface area contributed by atoms with Gasteiger partial charge in [-0.2, -0.15) is 0 Å². The molecule has 0 fully saturated rings. The molecule has 0 saturated heterocycles. The van der Waals surface area contributed by atoms with Gasteiger partial charge in [-0.3, -0.25) is 0 Å². The number of nitrogens with zero attached hydrogens (tertiary/aromatic N) is 2. The van der Waals surface area contributed by atoms with Gasteiger partial charge in [0.15, 0.2) is 0 Å². The van der Waals surface area contributed by atoms with E-state index in [2.05, 4.69) is 18.5 Å². The summed E-state index contributed by atoms with van der Waals surface area (Å²) in [5.74, 6) is 1.54. The van der Waals surface area contributed by atoms with E-state index in [1.54, 1.807) is 24.3 Å². The highest BCUT2D eigenvalue weighted by molar-refractivity contribution is 6.35. The van der Waals surface area contributed by atoms with Crippen LogP contribution in [0.1, 0.15) is 19.2 Å². The number of allylic oxidation sites excluding steroid dienone is 1. The van der Waals surface area contributed by atoms with Crippen LogP contribution in [0.25, 0.3) is 11.3 Å². The molecule has 0 aliphatic carbocycles. The lowest BCUT2D eigenvalue weighted by Crippen LogP contribution is -2.05. The fraction of sp³-hybridized carbons (Fsp3) is 0.267. The second-order valence-electron chi connectivity index (χ2n) is 4.54. The molecule has 5 heteroatoms. The summed E-state index contributed by atoms with van der Waals surface area (Å²) >= 11 is 12.3. The molecule has 0 spiro atoms. The van der Waals surface area contributed by atoms with Gasteiger partial charge in [-0.05, 0) is 24.6 Å². The van der Waals surface area contributed by atoms with E-state index in [9.17, 15) is 0 Å². The Bertz CT molecular complexity index is 632. The first-order valence-corrected chi connectivity index (χ1v) is 7.25. The van der Waals surface area contributed by atoms with Crippen LogP contribution in [-0.4, -0.2) is 9.55 Å². The number of benzene rings is 1. The molecular weight excluding hydrogens is 293 g/mol. The molecule has 1 aromatic carbocycles. The van der Waals surface area contributed by atoms with Gasteiger partial charge >= 0.3 is 0 Å². The van der Waals surface area contributed by atoms with Gasteiger partial charge < -0.3 is 10.3 Å². The van der Waals surface area contributed by atoms with E-state index in [0.717, 1.165) is 24.2 Å². The molecule has 3 nitrogen and oxygen atoms in total. The van der Waals surface area contributed by atoms with Gasteiger partial charge in [0, 0.05) is 23.6 Å². The minimum absolute atomic E-state index is 0.590. The van der Waals surface area contributed by atoms with Crippen molar-refractivity contribution in [2.45, 2.75) is 26.3 Å². The van der Waals surface area contributed by atoms with Crippen LogP contribution >= 0.6 is 23.2 Å². The van der Waals surface area contributed by atoms with E-state index in [4.69, 9.17) is 28.9 Å². The summed E-state index contributed by atoms with van der Waals surface area (Å²) in [6.07, 6.45) is 3.66. The Morgan fingerprint density at radius 3 is 2.80 bits per heavy atom. The average molecular weight is 310 g/mol. The lowest BCUT2D eigenvalue weighted by molar-refractivity contribution is 0.724. The highest BCUT2D eigenvalue weighted by Crippen LogP contribution is 2.34. The quantitative estimate of drug-likeness (QED) is 0.822. The Kier molecular flexibility index (Phi) is 4.73. The first-order valence-electron chi connectivity index (χ1n) is 6.49. The molecule has 0 aliphatic rings. The summed E-state index contributed by atoms with van der Waals surface area (Å²) in [4.78, 5) is 4.64. The molecule has 106 valence electrons. The number of rotatable bonds is 5. The topological polar surface area (TPSA) is 43.8 Å². The molecule has 0 saturated carbocycles. The van der Waals surface area contributed by atoms with Gasteiger partial charge in [-0.1, -0.05) is 36.2 Å². The Hall–Kier alpha value is -1.45. The lowest BCUT2D eigenvalue weighted by Gasteiger charge is -2.06. The SMILES string of the molecule is C=CCn1c(CCC)nc(-c2cc(Cl)ccc2Cl)c1N. The smallest absolute Gasteiger partial charge is 0.132 e. The van der Waals surface area contributed by atoms with Crippen molar-refractivity contribution in [3.05, 3.63) is 46.7 Å². The molecule has 0 atom stereocenters. The van der Waals surface area contributed by atoms with Crippen molar-refractivity contribution in [1.82, 2.24) is 9.55 Å². The molecule has 2 aromatic rings. The Morgan fingerprint density at radius 2 is 2.15 bits per heavy atom. The van der Waals surface area contributed by atoms with E-state index >= 15 is 0 Å². The Labute approximate surface area is 129 Å².